The first-order valence-corrected chi connectivity index (χ1v) is 9.61. The van der Waals surface area contributed by atoms with Gasteiger partial charge in [0.15, 0.2) is 0 Å². The van der Waals surface area contributed by atoms with Crippen molar-refractivity contribution in [1.29, 1.82) is 0 Å². The minimum Gasteiger partial charge on any atom is -0.258 e. The Hall–Kier alpha value is -2.55. The fourth-order valence-corrected chi connectivity index (χ4v) is 4.38. The summed E-state index contributed by atoms with van der Waals surface area (Å²) in [6.45, 7) is 0. The zero-order chi connectivity index (χ0) is 18.7. The van der Waals surface area contributed by atoms with Crippen molar-refractivity contribution in [3.8, 4) is 0 Å². The van der Waals surface area contributed by atoms with Crippen LogP contribution in [0.3, 0.4) is 0 Å². The summed E-state index contributed by atoms with van der Waals surface area (Å²) >= 11 is 8.85. The van der Waals surface area contributed by atoms with E-state index in [9.17, 15) is 20.2 Å². The molecule has 0 radical (unpaired) electrons. The standard InChI is InChI=1S/C9H6ClNO2S.C8H5NO2S/c10-4-6-5-14-9-2-1-7(11(12)13)3-8(6)9;10-9(11)7-1-2-8-6(5-7)3-4-12-8/h1-3,5H,4H2;1-5H. The van der Waals surface area contributed by atoms with Crippen LogP contribution >= 0.6 is 34.3 Å². The van der Waals surface area contributed by atoms with E-state index >= 15 is 0 Å². The molecule has 0 aliphatic heterocycles. The largest absolute Gasteiger partial charge is 0.270 e. The molecule has 2 heterocycles. The zero-order valence-corrected chi connectivity index (χ0v) is 15.5. The highest BCUT2D eigenvalue weighted by Gasteiger charge is 2.09. The third-order valence-electron chi connectivity index (χ3n) is 3.64. The van der Waals surface area contributed by atoms with E-state index in [-0.39, 0.29) is 16.3 Å². The molecule has 26 heavy (non-hydrogen) atoms. The summed E-state index contributed by atoms with van der Waals surface area (Å²) in [6, 6.07) is 11.6. The summed E-state index contributed by atoms with van der Waals surface area (Å²) in [5, 5.41) is 26.6. The highest BCUT2D eigenvalue weighted by molar-refractivity contribution is 7.17. The smallest absolute Gasteiger partial charge is 0.258 e. The molecular weight excluding hydrogens is 396 g/mol. The topological polar surface area (TPSA) is 86.3 Å². The highest BCUT2D eigenvalue weighted by Crippen LogP contribution is 2.30. The fourth-order valence-electron chi connectivity index (χ4n) is 2.35. The number of nitrogens with zero attached hydrogens (tertiary/aromatic N) is 2. The Kier molecular flexibility index (Phi) is 5.46. The molecule has 0 saturated heterocycles. The number of nitro groups is 2. The molecule has 2 aromatic carbocycles. The minimum absolute atomic E-state index is 0.113. The van der Waals surface area contributed by atoms with Gasteiger partial charge in [-0.25, -0.2) is 0 Å². The number of alkyl halides is 1. The van der Waals surface area contributed by atoms with Crippen LogP contribution in [0.4, 0.5) is 11.4 Å². The average Bonchev–Trinajstić information content (AvgIpc) is 3.27. The quantitative estimate of drug-likeness (QED) is 0.225. The summed E-state index contributed by atoms with van der Waals surface area (Å²) in [5.41, 5.74) is 1.22. The molecule has 0 fully saturated rings. The van der Waals surface area contributed by atoms with Gasteiger partial charge < -0.3 is 0 Å². The molecule has 0 N–H and O–H groups in total. The monoisotopic (exact) mass is 406 g/mol. The first-order valence-electron chi connectivity index (χ1n) is 7.31. The third kappa shape index (κ3) is 3.82. The van der Waals surface area contributed by atoms with Crippen LogP contribution < -0.4 is 0 Å². The molecule has 0 aliphatic rings. The summed E-state index contributed by atoms with van der Waals surface area (Å²) in [5.74, 6) is 0.390. The van der Waals surface area contributed by atoms with Crippen LogP contribution in [0.2, 0.25) is 0 Å². The number of fused-ring (bicyclic) bond motifs is 2. The van der Waals surface area contributed by atoms with E-state index < -0.39 is 4.92 Å². The van der Waals surface area contributed by atoms with Gasteiger partial charge in [0.1, 0.15) is 0 Å². The normalized spacial score (nSPS) is 10.5. The van der Waals surface area contributed by atoms with Gasteiger partial charge in [-0.15, -0.1) is 34.3 Å². The molecule has 0 aliphatic carbocycles. The van der Waals surface area contributed by atoms with Gasteiger partial charge in [0, 0.05) is 44.9 Å². The van der Waals surface area contributed by atoms with Crippen molar-refractivity contribution >= 4 is 65.8 Å². The van der Waals surface area contributed by atoms with Gasteiger partial charge >= 0.3 is 0 Å². The summed E-state index contributed by atoms with van der Waals surface area (Å²) < 4.78 is 2.12. The summed E-state index contributed by atoms with van der Waals surface area (Å²) in [6.07, 6.45) is 0. The predicted octanol–water partition coefficient (Wildman–Crippen LogP) is 6.36. The van der Waals surface area contributed by atoms with Crippen LogP contribution in [0, 0.1) is 20.2 Å². The maximum Gasteiger partial charge on any atom is 0.270 e. The zero-order valence-electron chi connectivity index (χ0n) is 13.1. The van der Waals surface area contributed by atoms with Gasteiger partial charge in [-0.05, 0) is 39.9 Å². The Bertz CT molecular complexity index is 1110. The summed E-state index contributed by atoms with van der Waals surface area (Å²) in [7, 11) is 0. The molecule has 132 valence electrons. The van der Waals surface area contributed by atoms with Gasteiger partial charge in [0.25, 0.3) is 11.4 Å². The lowest BCUT2D eigenvalue weighted by molar-refractivity contribution is -0.384. The van der Waals surface area contributed by atoms with Gasteiger partial charge in [-0.2, -0.15) is 0 Å². The molecular formula is C17H11ClN2O4S2. The number of halogens is 1. The molecule has 4 aromatic rings. The number of hydrogen-bond donors (Lipinski definition) is 0. The van der Waals surface area contributed by atoms with Crippen LogP contribution in [0.25, 0.3) is 20.2 Å². The van der Waals surface area contributed by atoms with Crippen LogP contribution in [0.1, 0.15) is 5.56 Å². The van der Waals surface area contributed by atoms with E-state index in [4.69, 9.17) is 11.6 Å². The number of nitro benzene ring substituents is 2. The van der Waals surface area contributed by atoms with Gasteiger partial charge in [0.05, 0.1) is 9.85 Å². The Balaban J connectivity index is 0.000000152. The molecule has 0 amide bonds. The molecule has 0 spiro atoms. The lowest BCUT2D eigenvalue weighted by atomic mass is 10.2. The number of benzene rings is 2. The Morgan fingerprint density at radius 2 is 1.54 bits per heavy atom. The van der Waals surface area contributed by atoms with Crippen molar-refractivity contribution < 1.29 is 9.85 Å². The Morgan fingerprint density at radius 3 is 2.19 bits per heavy atom. The van der Waals surface area contributed by atoms with Gasteiger partial charge in [0.2, 0.25) is 0 Å². The number of hydrogen-bond acceptors (Lipinski definition) is 6. The van der Waals surface area contributed by atoms with Gasteiger partial charge in [-0.1, -0.05) is 0 Å². The van der Waals surface area contributed by atoms with E-state index in [1.165, 1.54) is 12.1 Å². The SMILES string of the molecule is O=[N+]([O-])c1ccc2scc(CCl)c2c1.O=[N+]([O-])c1ccc2sccc2c1. The Labute approximate surface area is 160 Å². The van der Waals surface area contributed by atoms with E-state index in [1.54, 1.807) is 46.9 Å². The average molecular weight is 407 g/mol. The predicted molar refractivity (Wildman–Crippen MR) is 107 cm³/mol. The van der Waals surface area contributed by atoms with Crippen molar-refractivity contribution in [3.05, 3.63) is 79.0 Å². The second kappa shape index (κ2) is 7.77. The van der Waals surface area contributed by atoms with Crippen molar-refractivity contribution in [1.82, 2.24) is 0 Å². The van der Waals surface area contributed by atoms with E-state index in [2.05, 4.69) is 0 Å². The van der Waals surface area contributed by atoms with E-state index in [0.29, 0.717) is 5.88 Å². The van der Waals surface area contributed by atoms with Crippen LogP contribution in [0.5, 0.6) is 0 Å². The van der Waals surface area contributed by atoms with Crippen molar-refractivity contribution in [2.24, 2.45) is 0 Å². The van der Waals surface area contributed by atoms with Gasteiger partial charge in [-0.3, -0.25) is 20.2 Å². The van der Waals surface area contributed by atoms with Crippen molar-refractivity contribution in [2.75, 3.05) is 0 Å². The molecule has 0 atom stereocenters. The second-order valence-corrected chi connectivity index (χ2v) is 7.36. The molecule has 4 rings (SSSR count). The molecule has 0 unspecified atom stereocenters. The third-order valence-corrected chi connectivity index (χ3v) is 5.84. The Morgan fingerprint density at radius 1 is 0.885 bits per heavy atom. The fraction of sp³-hybridized carbons (Fsp3) is 0.0588. The van der Waals surface area contributed by atoms with Crippen LogP contribution in [0.15, 0.2) is 53.2 Å². The lowest BCUT2D eigenvalue weighted by Crippen LogP contribution is -1.86. The molecule has 9 heteroatoms. The van der Waals surface area contributed by atoms with Crippen molar-refractivity contribution in [2.45, 2.75) is 5.88 Å². The maximum atomic E-state index is 10.5. The number of non-ortho nitro benzene ring substituents is 2. The van der Waals surface area contributed by atoms with E-state index in [0.717, 1.165) is 25.7 Å². The first-order chi connectivity index (χ1) is 12.5. The molecule has 0 saturated carbocycles. The second-order valence-electron chi connectivity index (χ2n) is 5.23. The van der Waals surface area contributed by atoms with Crippen molar-refractivity contribution in [3.63, 3.8) is 0 Å². The molecule has 2 aromatic heterocycles. The van der Waals surface area contributed by atoms with Crippen LogP contribution in [-0.4, -0.2) is 9.85 Å². The van der Waals surface area contributed by atoms with E-state index in [1.807, 2.05) is 16.8 Å². The summed E-state index contributed by atoms with van der Waals surface area (Å²) in [4.78, 5) is 20.1. The lowest BCUT2D eigenvalue weighted by Gasteiger charge is -1.93. The minimum atomic E-state index is -0.394. The molecule has 6 nitrogen and oxygen atoms in total. The maximum absolute atomic E-state index is 10.5. The number of rotatable bonds is 3. The van der Waals surface area contributed by atoms with Crippen LogP contribution in [-0.2, 0) is 5.88 Å². The first kappa shape index (κ1) is 18.2. The highest BCUT2D eigenvalue weighted by atomic mass is 35.5. The number of thiophene rings is 2. The molecule has 0 bridgehead atoms.